The van der Waals surface area contributed by atoms with Crippen molar-refractivity contribution >= 4 is 22.7 Å². The van der Waals surface area contributed by atoms with Crippen molar-refractivity contribution in [3.05, 3.63) is 40.9 Å². The summed E-state index contributed by atoms with van der Waals surface area (Å²) < 4.78 is 1.50. The van der Waals surface area contributed by atoms with E-state index < -0.39 is 0 Å². The second-order valence-electron chi connectivity index (χ2n) is 7.78. The lowest BCUT2D eigenvalue weighted by molar-refractivity contribution is -0.140. The number of aryl methyl sites for hydroxylation is 1. The van der Waals surface area contributed by atoms with Gasteiger partial charge in [0.2, 0.25) is 11.8 Å². The average molecular weight is 399 g/mol. The Kier molecular flexibility index (Phi) is 7.01. The summed E-state index contributed by atoms with van der Waals surface area (Å²) in [6.07, 6.45) is 5.27. The first-order valence-electron chi connectivity index (χ1n) is 10.5. The maximum absolute atomic E-state index is 12.6. The summed E-state index contributed by atoms with van der Waals surface area (Å²) >= 11 is 0. The molecule has 1 aromatic carbocycles. The second-order valence-corrected chi connectivity index (χ2v) is 7.78. The van der Waals surface area contributed by atoms with Gasteiger partial charge in [-0.2, -0.15) is 0 Å². The highest BCUT2D eigenvalue weighted by Crippen LogP contribution is 2.20. The van der Waals surface area contributed by atoms with Crippen molar-refractivity contribution < 1.29 is 9.59 Å². The molecular formula is C22H30N4O3. The molecule has 1 aliphatic rings. The van der Waals surface area contributed by atoms with Crippen molar-refractivity contribution in [2.24, 2.45) is 5.92 Å². The van der Waals surface area contributed by atoms with E-state index in [9.17, 15) is 14.4 Å². The maximum Gasteiger partial charge on any atom is 0.261 e. The first kappa shape index (κ1) is 21.0. The van der Waals surface area contributed by atoms with Crippen LogP contribution < -0.4 is 5.56 Å². The zero-order valence-electron chi connectivity index (χ0n) is 17.3. The molecule has 29 heavy (non-hydrogen) atoms. The number of hydrogen-bond acceptors (Lipinski definition) is 4. The molecular weight excluding hydrogens is 368 g/mol. The Hall–Kier alpha value is -2.70. The van der Waals surface area contributed by atoms with Crippen LogP contribution in [-0.2, 0) is 16.1 Å². The van der Waals surface area contributed by atoms with Crippen LogP contribution in [0.2, 0.25) is 0 Å². The van der Waals surface area contributed by atoms with Gasteiger partial charge in [0, 0.05) is 45.6 Å². The number of para-hydroxylation sites is 1. The van der Waals surface area contributed by atoms with Crippen LogP contribution >= 0.6 is 0 Å². The number of amides is 2. The Morgan fingerprint density at radius 3 is 2.66 bits per heavy atom. The summed E-state index contributed by atoms with van der Waals surface area (Å²) in [7, 11) is 1.87. The number of benzene rings is 1. The number of fused-ring (bicyclic) bond motifs is 1. The fraction of sp³-hybridized carbons (Fsp3) is 0.545. The number of carbonyl (C=O) groups is 2. The summed E-state index contributed by atoms with van der Waals surface area (Å²) in [5.74, 6) is 0.225. The van der Waals surface area contributed by atoms with Gasteiger partial charge in [0.15, 0.2) is 0 Å². The monoisotopic (exact) mass is 398 g/mol. The summed E-state index contributed by atoms with van der Waals surface area (Å²) in [6, 6.07) is 7.21. The third kappa shape index (κ3) is 5.02. The zero-order chi connectivity index (χ0) is 20.8. The van der Waals surface area contributed by atoms with Gasteiger partial charge < -0.3 is 9.80 Å². The molecule has 0 radical (unpaired) electrons. The van der Waals surface area contributed by atoms with E-state index in [0.29, 0.717) is 43.4 Å². The molecule has 0 bridgehead atoms. The van der Waals surface area contributed by atoms with E-state index in [4.69, 9.17) is 0 Å². The summed E-state index contributed by atoms with van der Waals surface area (Å²) in [5, 5.41) is 0.564. The molecule has 0 atom stereocenters. The van der Waals surface area contributed by atoms with E-state index in [1.807, 2.05) is 29.0 Å². The molecule has 2 aromatic rings. The van der Waals surface area contributed by atoms with E-state index in [2.05, 4.69) is 11.9 Å². The zero-order valence-corrected chi connectivity index (χ0v) is 17.3. The van der Waals surface area contributed by atoms with Crippen molar-refractivity contribution in [2.75, 3.05) is 26.7 Å². The van der Waals surface area contributed by atoms with Gasteiger partial charge in [-0.25, -0.2) is 4.98 Å². The normalized spacial score (nSPS) is 14.9. The molecule has 2 heterocycles. The number of carbonyl (C=O) groups excluding carboxylic acids is 2. The number of nitrogens with zero attached hydrogens (tertiary/aromatic N) is 4. The lowest BCUT2D eigenvalue weighted by atomic mass is 9.95. The Morgan fingerprint density at radius 1 is 1.21 bits per heavy atom. The van der Waals surface area contributed by atoms with Crippen LogP contribution in [0, 0.1) is 5.92 Å². The van der Waals surface area contributed by atoms with Crippen LogP contribution in [0.25, 0.3) is 10.9 Å². The minimum absolute atomic E-state index is 0.00760. The molecule has 7 nitrogen and oxygen atoms in total. The first-order valence-corrected chi connectivity index (χ1v) is 10.5. The number of likely N-dealkylation sites (tertiary alicyclic amines) is 1. The minimum Gasteiger partial charge on any atom is -0.346 e. The molecule has 0 N–H and O–H groups in total. The van der Waals surface area contributed by atoms with Gasteiger partial charge >= 0.3 is 0 Å². The predicted molar refractivity (Wildman–Crippen MR) is 112 cm³/mol. The van der Waals surface area contributed by atoms with Gasteiger partial charge in [-0.3, -0.25) is 19.0 Å². The van der Waals surface area contributed by atoms with Gasteiger partial charge in [0.25, 0.3) is 5.56 Å². The van der Waals surface area contributed by atoms with Crippen molar-refractivity contribution in [1.82, 2.24) is 19.4 Å². The van der Waals surface area contributed by atoms with E-state index in [1.165, 1.54) is 10.9 Å². The molecule has 0 aliphatic carbocycles. The summed E-state index contributed by atoms with van der Waals surface area (Å²) in [5.41, 5.74) is 0.540. The second kappa shape index (κ2) is 9.67. The lowest BCUT2D eigenvalue weighted by Crippen LogP contribution is -2.44. The van der Waals surface area contributed by atoms with Gasteiger partial charge in [0.05, 0.1) is 17.2 Å². The SMILES string of the molecule is CCCCN(C)C(=O)C1CCN(C(=O)CCn2cnc3ccccc3c2=O)CC1. The van der Waals surface area contributed by atoms with Crippen molar-refractivity contribution in [3.8, 4) is 0 Å². The largest absolute Gasteiger partial charge is 0.346 e. The van der Waals surface area contributed by atoms with E-state index in [1.54, 1.807) is 12.1 Å². The highest BCUT2D eigenvalue weighted by Gasteiger charge is 2.28. The molecule has 1 aromatic heterocycles. The first-order chi connectivity index (χ1) is 14.0. The highest BCUT2D eigenvalue weighted by molar-refractivity contribution is 5.80. The number of piperidine rings is 1. The number of hydrogen-bond donors (Lipinski definition) is 0. The molecule has 7 heteroatoms. The lowest BCUT2D eigenvalue weighted by Gasteiger charge is -2.33. The standard InChI is InChI=1S/C22H30N4O3/c1-3-4-12-24(2)21(28)17-9-13-25(14-10-17)20(27)11-15-26-16-23-19-8-6-5-7-18(19)22(26)29/h5-8,16-17H,3-4,9-15H2,1-2H3. The molecule has 1 saturated heterocycles. The van der Waals surface area contributed by atoms with Crippen LogP contribution in [0.4, 0.5) is 0 Å². The summed E-state index contributed by atoms with van der Waals surface area (Å²) in [6.45, 7) is 4.42. The Morgan fingerprint density at radius 2 is 1.93 bits per heavy atom. The minimum atomic E-state index is -0.122. The predicted octanol–water partition coefficient (Wildman–Crippen LogP) is 2.28. The molecule has 1 aliphatic heterocycles. The smallest absolute Gasteiger partial charge is 0.261 e. The van der Waals surface area contributed by atoms with E-state index in [0.717, 1.165) is 19.4 Å². The third-order valence-electron chi connectivity index (χ3n) is 5.72. The van der Waals surface area contributed by atoms with Crippen LogP contribution in [0.15, 0.2) is 35.4 Å². The number of unbranched alkanes of at least 4 members (excludes halogenated alkanes) is 1. The van der Waals surface area contributed by atoms with Crippen molar-refractivity contribution in [3.63, 3.8) is 0 Å². The van der Waals surface area contributed by atoms with Gasteiger partial charge in [-0.15, -0.1) is 0 Å². The van der Waals surface area contributed by atoms with Crippen LogP contribution in [0.3, 0.4) is 0 Å². The third-order valence-corrected chi connectivity index (χ3v) is 5.72. The Bertz CT molecular complexity index is 916. The number of rotatable bonds is 7. The Balaban J connectivity index is 1.51. The van der Waals surface area contributed by atoms with Crippen molar-refractivity contribution in [1.29, 1.82) is 0 Å². The molecule has 0 saturated carbocycles. The molecule has 0 unspecified atom stereocenters. The highest BCUT2D eigenvalue weighted by atomic mass is 16.2. The molecule has 2 amide bonds. The maximum atomic E-state index is 12.6. The van der Waals surface area contributed by atoms with Gasteiger partial charge in [-0.05, 0) is 31.4 Å². The van der Waals surface area contributed by atoms with Crippen LogP contribution in [0.5, 0.6) is 0 Å². The topological polar surface area (TPSA) is 75.5 Å². The molecule has 156 valence electrons. The molecule has 3 rings (SSSR count). The summed E-state index contributed by atoms with van der Waals surface area (Å²) in [4.78, 5) is 45.6. The van der Waals surface area contributed by atoms with Gasteiger partial charge in [0.1, 0.15) is 0 Å². The molecule has 0 spiro atoms. The fourth-order valence-corrected chi connectivity index (χ4v) is 3.83. The van der Waals surface area contributed by atoms with Crippen LogP contribution in [0.1, 0.15) is 39.0 Å². The quantitative estimate of drug-likeness (QED) is 0.717. The molecule has 1 fully saturated rings. The van der Waals surface area contributed by atoms with E-state index in [-0.39, 0.29) is 29.7 Å². The van der Waals surface area contributed by atoms with E-state index >= 15 is 0 Å². The fourth-order valence-electron chi connectivity index (χ4n) is 3.83. The van der Waals surface area contributed by atoms with Crippen molar-refractivity contribution in [2.45, 2.75) is 45.6 Å². The van der Waals surface area contributed by atoms with Gasteiger partial charge in [-0.1, -0.05) is 25.5 Å². The average Bonchev–Trinajstić information content (AvgIpc) is 2.76. The van der Waals surface area contributed by atoms with Crippen LogP contribution in [-0.4, -0.2) is 57.8 Å². The Labute approximate surface area is 171 Å². The number of aromatic nitrogens is 2.